The molecule has 1 atom stereocenters. The molecule has 0 radical (unpaired) electrons. The van der Waals surface area contributed by atoms with Crippen molar-refractivity contribution in [1.82, 2.24) is 4.90 Å². The Morgan fingerprint density at radius 1 is 1.36 bits per heavy atom. The van der Waals surface area contributed by atoms with Gasteiger partial charge in [-0.25, -0.2) is 4.79 Å². The van der Waals surface area contributed by atoms with Gasteiger partial charge in [-0.3, -0.25) is 9.69 Å². The fourth-order valence-corrected chi connectivity index (χ4v) is 2.86. The zero-order valence-electron chi connectivity index (χ0n) is 13.3. The van der Waals surface area contributed by atoms with Crippen molar-refractivity contribution in [2.24, 2.45) is 0 Å². The average molecular weight is 304 g/mol. The van der Waals surface area contributed by atoms with Crippen molar-refractivity contribution in [2.45, 2.75) is 45.1 Å². The van der Waals surface area contributed by atoms with E-state index >= 15 is 0 Å². The summed E-state index contributed by atoms with van der Waals surface area (Å²) in [6, 6.07) is 7.85. The van der Waals surface area contributed by atoms with Crippen LogP contribution >= 0.6 is 0 Å². The Balaban J connectivity index is 2.07. The molecule has 0 spiro atoms. The molecule has 0 aliphatic carbocycles. The molecule has 0 saturated carbocycles. The van der Waals surface area contributed by atoms with Crippen molar-refractivity contribution in [3.63, 3.8) is 0 Å². The number of carbonyl (C=O) groups is 2. The third kappa shape index (κ3) is 4.00. The Hall–Kier alpha value is -2.04. The van der Waals surface area contributed by atoms with Crippen LogP contribution in [0.4, 0.5) is 10.5 Å². The molecule has 2 amide bonds. The van der Waals surface area contributed by atoms with Crippen LogP contribution in [0.15, 0.2) is 24.3 Å². The number of amides is 2. The summed E-state index contributed by atoms with van der Waals surface area (Å²) in [5.74, 6) is -0.808. The fourth-order valence-electron chi connectivity index (χ4n) is 2.86. The monoisotopic (exact) mass is 304 g/mol. The summed E-state index contributed by atoms with van der Waals surface area (Å²) in [5.41, 5.74) is 1.75. The molecule has 1 saturated heterocycles. The summed E-state index contributed by atoms with van der Waals surface area (Å²) in [5, 5.41) is 8.77. The van der Waals surface area contributed by atoms with E-state index in [0.29, 0.717) is 6.42 Å². The predicted molar refractivity (Wildman–Crippen MR) is 86.2 cm³/mol. The van der Waals surface area contributed by atoms with Gasteiger partial charge in [-0.05, 0) is 50.3 Å². The Bertz CT molecular complexity index is 544. The third-order valence-electron chi connectivity index (χ3n) is 4.26. The van der Waals surface area contributed by atoms with Gasteiger partial charge < -0.3 is 10.0 Å². The minimum Gasteiger partial charge on any atom is -0.481 e. The van der Waals surface area contributed by atoms with Gasteiger partial charge in [0.1, 0.15) is 0 Å². The second-order valence-electron chi connectivity index (χ2n) is 5.94. The van der Waals surface area contributed by atoms with E-state index in [2.05, 4.69) is 6.92 Å². The molecule has 1 aromatic rings. The minimum absolute atomic E-state index is 0.0163. The first-order valence-corrected chi connectivity index (χ1v) is 7.84. The van der Waals surface area contributed by atoms with Crippen LogP contribution in [0, 0.1) is 0 Å². The molecule has 0 aromatic heterocycles. The largest absolute Gasteiger partial charge is 0.481 e. The molecule has 5 nitrogen and oxygen atoms in total. The van der Waals surface area contributed by atoms with Gasteiger partial charge in [0, 0.05) is 31.7 Å². The van der Waals surface area contributed by atoms with Crippen LogP contribution in [0.2, 0.25) is 0 Å². The quantitative estimate of drug-likeness (QED) is 0.929. The van der Waals surface area contributed by atoms with Crippen molar-refractivity contribution < 1.29 is 14.7 Å². The van der Waals surface area contributed by atoms with E-state index in [4.69, 9.17) is 5.11 Å². The van der Waals surface area contributed by atoms with Crippen LogP contribution in [0.25, 0.3) is 0 Å². The van der Waals surface area contributed by atoms with Gasteiger partial charge in [0.05, 0.1) is 0 Å². The summed E-state index contributed by atoms with van der Waals surface area (Å²) >= 11 is 0. The highest BCUT2D eigenvalue weighted by atomic mass is 16.4. The number of piperidine rings is 1. The van der Waals surface area contributed by atoms with Gasteiger partial charge in [-0.1, -0.05) is 12.1 Å². The summed E-state index contributed by atoms with van der Waals surface area (Å²) in [6.07, 6.45) is 3.87. The maximum Gasteiger partial charge on any atom is 0.324 e. The van der Waals surface area contributed by atoms with E-state index in [0.717, 1.165) is 30.6 Å². The van der Waals surface area contributed by atoms with Crippen LogP contribution < -0.4 is 4.90 Å². The van der Waals surface area contributed by atoms with E-state index in [1.165, 1.54) is 6.42 Å². The summed E-state index contributed by atoms with van der Waals surface area (Å²) < 4.78 is 0. The smallest absolute Gasteiger partial charge is 0.324 e. The van der Waals surface area contributed by atoms with Crippen LogP contribution in [-0.4, -0.2) is 41.6 Å². The number of nitrogens with zero attached hydrogens (tertiary/aromatic N) is 2. The molecule has 1 N–H and O–H groups in total. The Kier molecular flexibility index (Phi) is 5.41. The van der Waals surface area contributed by atoms with Crippen LogP contribution in [-0.2, 0) is 11.2 Å². The van der Waals surface area contributed by atoms with E-state index in [-0.39, 0.29) is 18.5 Å². The van der Waals surface area contributed by atoms with Crippen molar-refractivity contribution >= 4 is 17.7 Å². The lowest BCUT2D eigenvalue weighted by Crippen LogP contribution is -2.48. The van der Waals surface area contributed by atoms with E-state index in [1.54, 1.807) is 11.9 Å². The Labute approximate surface area is 131 Å². The normalized spacial score (nSPS) is 18.1. The third-order valence-corrected chi connectivity index (χ3v) is 4.26. The minimum atomic E-state index is -0.808. The standard InChI is InChI=1S/C17H24N2O3/c1-13-6-3-4-11-19(13)17(22)18(2)15-8-5-7-14(12-15)9-10-16(20)21/h5,7-8,12-13H,3-4,6,9-11H2,1-2H3,(H,20,21). The second-order valence-corrected chi connectivity index (χ2v) is 5.94. The number of carboxylic acids is 1. The molecule has 1 aliphatic rings. The number of hydrogen-bond donors (Lipinski definition) is 1. The van der Waals surface area contributed by atoms with E-state index in [9.17, 15) is 9.59 Å². The molecule has 120 valence electrons. The molecule has 1 fully saturated rings. The second kappa shape index (κ2) is 7.29. The molecule has 0 bridgehead atoms. The van der Waals surface area contributed by atoms with Crippen molar-refractivity contribution in [1.29, 1.82) is 0 Å². The predicted octanol–water partition coefficient (Wildman–Crippen LogP) is 3.13. The number of anilines is 1. The van der Waals surface area contributed by atoms with Crippen molar-refractivity contribution in [3.8, 4) is 0 Å². The van der Waals surface area contributed by atoms with Gasteiger partial charge >= 0.3 is 12.0 Å². The average Bonchev–Trinajstić information content (AvgIpc) is 2.52. The van der Waals surface area contributed by atoms with Gasteiger partial charge in [-0.15, -0.1) is 0 Å². The number of aryl methyl sites for hydroxylation is 1. The Morgan fingerprint density at radius 3 is 2.82 bits per heavy atom. The molecule has 5 heteroatoms. The van der Waals surface area contributed by atoms with Crippen molar-refractivity contribution in [2.75, 3.05) is 18.5 Å². The number of rotatable bonds is 4. The maximum atomic E-state index is 12.6. The number of urea groups is 1. The summed E-state index contributed by atoms with van der Waals surface area (Å²) in [4.78, 5) is 26.9. The molecule has 22 heavy (non-hydrogen) atoms. The van der Waals surface area contributed by atoms with Gasteiger partial charge in [-0.2, -0.15) is 0 Å². The Morgan fingerprint density at radius 2 is 2.14 bits per heavy atom. The lowest BCUT2D eigenvalue weighted by molar-refractivity contribution is -0.136. The first-order valence-electron chi connectivity index (χ1n) is 7.84. The first-order chi connectivity index (χ1) is 10.5. The molecule has 1 heterocycles. The summed E-state index contributed by atoms with van der Waals surface area (Å²) in [7, 11) is 1.78. The lowest BCUT2D eigenvalue weighted by Gasteiger charge is -2.36. The molecule has 2 rings (SSSR count). The molecule has 1 aliphatic heterocycles. The van der Waals surface area contributed by atoms with Gasteiger partial charge in [0.15, 0.2) is 0 Å². The SMILES string of the molecule is CC1CCCCN1C(=O)N(C)c1cccc(CCC(=O)O)c1. The molecule has 1 unspecified atom stereocenters. The van der Waals surface area contributed by atoms with E-state index in [1.807, 2.05) is 29.2 Å². The van der Waals surface area contributed by atoms with Gasteiger partial charge in [0.25, 0.3) is 0 Å². The number of benzene rings is 1. The van der Waals surface area contributed by atoms with Crippen LogP contribution in [0.3, 0.4) is 0 Å². The van der Waals surface area contributed by atoms with Crippen LogP contribution in [0.1, 0.15) is 38.2 Å². The molecular formula is C17H24N2O3. The first kappa shape index (κ1) is 16.3. The summed E-state index contributed by atoms with van der Waals surface area (Å²) in [6.45, 7) is 2.90. The lowest BCUT2D eigenvalue weighted by atomic mass is 10.0. The van der Waals surface area contributed by atoms with E-state index < -0.39 is 5.97 Å². The highest BCUT2D eigenvalue weighted by molar-refractivity contribution is 5.91. The number of carbonyl (C=O) groups excluding carboxylic acids is 1. The van der Waals surface area contributed by atoms with Gasteiger partial charge in [0.2, 0.25) is 0 Å². The highest BCUT2D eigenvalue weighted by Crippen LogP contribution is 2.22. The highest BCUT2D eigenvalue weighted by Gasteiger charge is 2.26. The van der Waals surface area contributed by atoms with Crippen molar-refractivity contribution in [3.05, 3.63) is 29.8 Å². The maximum absolute atomic E-state index is 12.6. The molecular weight excluding hydrogens is 280 g/mol. The number of likely N-dealkylation sites (tertiary alicyclic amines) is 1. The fraction of sp³-hybridized carbons (Fsp3) is 0.529. The molecule has 1 aromatic carbocycles. The number of hydrogen-bond acceptors (Lipinski definition) is 2. The number of aliphatic carboxylic acids is 1. The number of carboxylic acid groups (broad SMARTS) is 1. The van der Waals surface area contributed by atoms with Crippen LogP contribution in [0.5, 0.6) is 0 Å². The zero-order valence-corrected chi connectivity index (χ0v) is 13.3. The topological polar surface area (TPSA) is 60.9 Å². The zero-order chi connectivity index (χ0) is 16.1.